The molecule has 3 heterocycles. The largest absolute Gasteiger partial charge is 0.364 e. The molecular formula is C24H32ClN5OS. The highest BCUT2D eigenvalue weighted by Gasteiger charge is 2.58. The van der Waals surface area contributed by atoms with E-state index in [1.807, 2.05) is 12.1 Å². The van der Waals surface area contributed by atoms with Crippen molar-refractivity contribution in [1.82, 2.24) is 9.97 Å². The zero-order valence-electron chi connectivity index (χ0n) is 19.0. The van der Waals surface area contributed by atoms with Gasteiger partial charge in [0.15, 0.2) is 0 Å². The number of aromatic nitrogens is 2. The Morgan fingerprint density at radius 2 is 1.88 bits per heavy atom. The van der Waals surface area contributed by atoms with Crippen LogP contribution in [0.25, 0.3) is 0 Å². The summed E-state index contributed by atoms with van der Waals surface area (Å²) in [6.45, 7) is 8.33. The Kier molecular flexibility index (Phi) is 5.50. The predicted molar refractivity (Wildman–Crippen MR) is 131 cm³/mol. The molecule has 3 atom stereocenters. The fraction of sp³-hybridized carbons (Fsp3) is 0.583. The Hall–Kier alpha value is -1.70. The monoisotopic (exact) mass is 473 g/mol. The van der Waals surface area contributed by atoms with Gasteiger partial charge in [-0.25, -0.2) is 4.98 Å². The third kappa shape index (κ3) is 3.93. The predicted octanol–water partition coefficient (Wildman–Crippen LogP) is 4.11. The molecule has 8 heteroatoms. The normalized spacial score (nSPS) is 28.0. The number of nitrogens with zero attached hydrogens (tertiary/aromatic N) is 3. The number of fused-ring (bicyclic) bond motifs is 1. The van der Waals surface area contributed by atoms with E-state index < -0.39 is 10.8 Å². The van der Waals surface area contributed by atoms with Crippen LogP contribution in [-0.2, 0) is 17.2 Å². The summed E-state index contributed by atoms with van der Waals surface area (Å²) in [6.07, 6.45) is 3.74. The summed E-state index contributed by atoms with van der Waals surface area (Å²) in [4.78, 5) is 12.8. The third-order valence-corrected chi connectivity index (χ3v) is 9.22. The van der Waals surface area contributed by atoms with Crippen molar-refractivity contribution < 1.29 is 4.21 Å². The average molecular weight is 474 g/mol. The molecule has 2 aliphatic heterocycles. The first-order valence-electron chi connectivity index (χ1n) is 11.5. The number of nitrogens with two attached hydrogens (primary N) is 1. The van der Waals surface area contributed by atoms with E-state index in [4.69, 9.17) is 27.3 Å². The number of aryl methyl sites for hydroxylation is 1. The van der Waals surface area contributed by atoms with Gasteiger partial charge in [0.25, 0.3) is 0 Å². The SMILES string of the molecule is CC(C)(C)C1(N)C[C@@H]1Nc1nc(N2CCC(c3ccc(Cl)cc3)CC2)nc2c1S(=O)CC2. The lowest BCUT2D eigenvalue weighted by molar-refractivity contribution is 0.296. The van der Waals surface area contributed by atoms with Crippen LogP contribution in [0.3, 0.4) is 0 Å². The van der Waals surface area contributed by atoms with Crippen LogP contribution in [-0.4, -0.2) is 44.6 Å². The van der Waals surface area contributed by atoms with E-state index >= 15 is 0 Å². The molecule has 0 radical (unpaired) electrons. The highest BCUT2D eigenvalue weighted by molar-refractivity contribution is 7.85. The van der Waals surface area contributed by atoms with Crippen LogP contribution < -0.4 is 16.0 Å². The zero-order chi connectivity index (χ0) is 22.7. The van der Waals surface area contributed by atoms with Gasteiger partial charge in [-0.2, -0.15) is 4.98 Å². The van der Waals surface area contributed by atoms with Crippen molar-refractivity contribution >= 4 is 34.2 Å². The van der Waals surface area contributed by atoms with Gasteiger partial charge in [0.1, 0.15) is 10.7 Å². The summed E-state index contributed by atoms with van der Waals surface area (Å²) in [5.74, 6) is 2.62. The number of hydrogen-bond acceptors (Lipinski definition) is 6. The fourth-order valence-corrected chi connectivity index (χ4v) is 6.46. The smallest absolute Gasteiger partial charge is 0.227 e. The van der Waals surface area contributed by atoms with E-state index in [1.165, 1.54) is 5.56 Å². The molecule has 1 saturated carbocycles. The minimum Gasteiger partial charge on any atom is -0.364 e. The summed E-state index contributed by atoms with van der Waals surface area (Å²) >= 11 is 6.05. The second kappa shape index (κ2) is 7.96. The molecule has 5 rings (SSSR count). The van der Waals surface area contributed by atoms with Crippen LogP contribution in [0.1, 0.15) is 57.2 Å². The van der Waals surface area contributed by atoms with Gasteiger partial charge in [-0.3, -0.25) is 4.21 Å². The van der Waals surface area contributed by atoms with Crippen molar-refractivity contribution in [3.05, 3.63) is 40.5 Å². The maximum atomic E-state index is 12.7. The van der Waals surface area contributed by atoms with Crippen molar-refractivity contribution in [1.29, 1.82) is 0 Å². The molecule has 2 fully saturated rings. The zero-order valence-corrected chi connectivity index (χ0v) is 20.6. The van der Waals surface area contributed by atoms with E-state index in [0.29, 0.717) is 11.7 Å². The van der Waals surface area contributed by atoms with Crippen LogP contribution in [0.5, 0.6) is 0 Å². The molecule has 6 nitrogen and oxygen atoms in total. The number of rotatable bonds is 4. The molecule has 172 valence electrons. The second-order valence-electron chi connectivity index (χ2n) is 10.5. The van der Waals surface area contributed by atoms with Crippen LogP contribution >= 0.6 is 11.6 Å². The van der Waals surface area contributed by atoms with Crippen LogP contribution in [0.15, 0.2) is 29.2 Å². The average Bonchev–Trinajstić information content (AvgIpc) is 3.28. The molecule has 2 unspecified atom stereocenters. The van der Waals surface area contributed by atoms with Crippen LogP contribution in [0.2, 0.25) is 5.02 Å². The topological polar surface area (TPSA) is 84.1 Å². The summed E-state index contributed by atoms with van der Waals surface area (Å²) in [6, 6.07) is 8.35. The highest BCUT2D eigenvalue weighted by atomic mass is 35.5. The van der Waals surface area contributed by atoms with Crippen molar-refractivity contribution in [2.75, 3.05) is 29.1 Å². The van der Waals surface area contributed by atoms with E-state index in [9.17, 15) is 4.21 Å². The molecular weight excluding hydrogens is 442 g/mol. The Balaban J connectivity index is 1.35. The molecule has 0 amide bonds. The summed E-state index contributed by atoms with van der Waals surface area (Å²) in [5, 5.41) is 4.33. The van der Waals surface area contributed by atoms with Gasteiger partial charge >= 0.3 is 0 Å². The number of hydrogen-bond donors (Lipinski definition) is 2. The number of piperidine rings is 1. The number of anilines is 2. The van der Waals surface area contributed by atoms with Gasteiger partial charge in [0.05, 0.1) is 16.5 Å². The van der Waals surface area contributed by atoms with Crippen LogP contribution in [0, 0.1) is 5.41 Å². The minimum absolute atomic E-state index is 0.00754. The van der Waals surface area contributed by atoms with Crippen molar-refractivity contribution in [2.24, 2.45) is 11.1 Å². The first-order chi connectivity index (χ1) is 15.2. The molecule has 2 aromatic rings. The van der Waals surface area contributed by atoms with Gasteiger partial charge in [-0.1, -0.05) is 44.5 Å². The van der Waals surface area contributed by atoms with Gasteiger partial charge in [0.2, 0.25) is 5.95 Å². The maximum Gasteiger partial charge on any atom is 0.227 e. The van der Waals surface area contributed by atoms with Crippen molar-refractivity contribution in [3.8, 4) is 0 Å². The summed E-state index contributed by atoms with van der Waals surface area (Å²) < 4.78 is 12.7. The molecule has 1 saturated heterocycles. The molecule has 0 bridgehead atoms. The lowest BCUT2D eigenvalue weighted by Gasteiger charge is -2.33. The minimum atomic E-state index is -1.05. The van der Waals surface area contributed by atoms with E-state index in [0.717, 1.165) is 66.2 Å². The molecule has 1 aromatic heterocycles. The summed E-state index contributed by atoms with van der Waals surface area (Å²) in [5.41, 5.74) is 8.64. The molecule has 32 heavy (non-hydrogen) atoms. The van der Waals surface area contributed by atoms with Gasteiger partial charge < -0.3 is 16.0 Å². The quantitative estimate of drug-likeness (QED) is 0.695. The molecule has 1 aromatic carbocycles. The first kappa shape index (κ1) is 22.1. The number of nitrogens with one attached hydrogen (secondary N) is 1. The highest BCUT2D eigenvalue weighted by Crippen LogP contribution is 2.49. The van der Waals surface area contributed by atoms with Crippen molar-refractivity contribution in [3.63, 3.8) is 0 Å². The fourth-order valence-electron chi connectivity index (χ4n) is 5.02. The van der Waals surface area contributed by atoms with Crippen LogP contribution in [0.4, 0.5) is 11.8 Å². The Bertz CT molecular complexity index is 1050. The third-order valence-electron chi connectivity index (χ3n) is 7.51. The van der Waals surface area contributed by atoms with E-state index in [2.05, 4.69) is 43.1 Å². The lowest BCUT2D eigenvalue weighted by Crippen LogP contribution is -2.43. The summed E-state index contributed by atoms with van der Waals surface area (Å²) in [7, 11) is -1.05. The first-order valence-corrected chi connectivity index (χ1v) is 13.2. The molecule has 3 N–H and O–H groups in total. The Morgan fingerprint density at radius 1 is 1.19 bits per heavy atom. The standard InChI is InChI=1S/C24H32ClN5OS/c1-23(2,3)24(26)14-19(24)28-21-20-18(10-13-32(20)31)27-22(29-21)30-11-8-16(9-12-30)15-4-6-17(25)7-5-15/h4-7,16,19H,8-14,26H2,1-3H3,(H,27,28,29)/t19-,24?,32?/m0/s1. The van der Waals surface area contributed by atoms with E-state index in [-0.39, 0.29) is 17.0 Å². The number of benzene rings is 1. The molecule has 1 aliphatic carbocycles. The molecule has 3 aliphatic rings. The number of halogens is 1. The lowest BCUT2D eigenvalue weighted by atomic mass is 9.84. The Morgan fingerprint density at radius 3 is 2.50 bits per heavy atom. The van der Waals surface area contributed by atoms with E-state index in [1.54, 1.807) is 0 Å². The maximum absolute atomic E-state index is 12.7. The Labute approximate surface area is 197 Å². The second-order valence-corrected chi connectivity index (χ2v) is 12.4. The van der Waals surface area contributed by atoms with Gasteiger partial charge in [-0.15, -0.1) is 0 Å². The van der Waals surface area contributed by atoms with Gasteiger partial charge in [0, 0.05) is 41.9 Å². The van der Waals surface area contributed by atoms with Gasteiger partial charge in [-0.05, 0) is 48.3 Å². The molecule has 0 spiro atoms. The van der Waals surface area contributed by atoms with Crippen molar-refractivity contribution in [2.45, 2.75) is 68.8 Å².